The van der Waals surface area contributed by atoms with Gasteiger partial charge in [-0.05, 0) is 0 Å². The highest BCUT2D eigenvalue weighted by Crippen LogP contribution is 1.55. The van der Waals surface area contributed by atoms with Crippen LogP contribution in [-0.4, -0.2) is 22.2 Å². The lowest BCUT2D eigenvalue weighted by atomic mass is 10.7. The van der Waals surface area contributed by atoms with Crippen LogP contribution < -0.4 is 0 Å². The Morgan fingerprint density at radius 1 is 0.688 bits per heavy atom. The van der Waals surface area contributed by atoms with Crippen molar-refractivity contribution in [3.63, 3.8) is 0 Å². The second-order valence-electron chi connectivity index (χ2n) is 1.08. The summed E-state index contributed by atoms with van der Waals surface area (Å²) in [5, 5.41) is 15.2. The summed E-state index contributed by atoms with van der Waals surface area (Å²) < 4.78 is 0. The lowest BCUT2D eigenvalue weighted by Gasteiger charge is -1.64. The minimum atomic E-state index is -0.981. The van der Waals surface area contributed by atoms with Crippen molar-refractivity contribution in [1.82, 2.24) is 0 Å². The van der Waals surface area contributed by atoms with Gasteiger partial charge in [0.1, 0.15) is 0 Å². The molecule has 0 aliphatic rings. The lowest BCUT2D eigenvalue weighted by Crippen LogP contribution is -1.82. The number of halogens is 6. The van der Waals surface area contributed by atoms with E-state index >= 15 is 0 Å². The molecule has 0 amide bonds. The van der Waals surface area contributed by atoms with Crippen LogP contribution in [0.25, 0.3) is 0 Å². The van der Waals surface area contributed by atoms with Crippen molar-refractivity contribution in [3.05, 3.63) is 25.3 Å². The molecular weight excluding hydrogens is 250 g/mol. The van der Waals surface area contributed by atoms with Crippen molar-refractivity contribution in [2.75, 3.05) is 0 Å². The summed E-state index contributed by atoms with van der Waals surface area (Å²) in [5.41, 5.74) is 0. The molecule has 0 spiro atoms. The first-order chi connectivity index (χ1) is 4.54. The van der Waals surface area contributed by atoms with E-state index in [1.165, 1.54) is 0 Å². The molecule has 0 aromatic carbocycles. The quantitative estimate of drug-likeness (QED) is 0.584. The number of carbonyl (C=O) groups is 2. The molecule has 10 heteroatoms. The normalized spacial score (nSPS) is 4.00. The summed E-state index contributed by atoms with van der Waals surface area (Å²) in [6.07, 6.45) is 1.67. The Morgan fingerprint density at radius 3 is 0.750 bits per heavy atom. The molecule has 0 unspecified atom stereocenters. The average Bonchev–Trinajstić information content (AvgIpc) is 1.89. The molecule has 0 aromatic heterocycles. The van der Waals surface area contributed by atoms with Crippen LogP contribution in [0.1, 0.15) is 0 Å². The molecule has 0 aliphatic carbocycles. The number of aliphatic carboxylic acids is 2. The van der Waals surface area contributed by atoms with Gasteiger partial charge in [0.25, 0.3) is 0 Å². The maximum absolute atomic E-state index is 9.25. The maximum atomic E-state index is 9.25. The van der Waals surface area contributed by atoms with E-state index in [2.05, 4.69) is 13.2 Å². The van der Waals surface area contributed by atoms with Crippen molar-refractivity contribution in [1.29, 1.82) is 0 Å². The van der Waals surface area contributed by atoms with Gasteiger partial charge in [0.05, 0.1) is 0 Å². The second kappa shape index (κ2) is 52.0. The lowest BCUT2D eigenvalue weighted by molar-refractivity contribution is -0.132. The van der Waals surface area contributed by atoms with Gasteiger partial charge in [0.2, 0.25) is 0 Å². The molecule has 0 fully saturated rings. The average molecular weight is 264 g/mol. The fourth-order valence-electron chi connectivity index (χ4n) is 0. The zero-order valence-corrected chi connectivity index (χ0v) is 7.73. The molecule has 0 saturated carbocycles. The van der Waals surface area contributed by atoms with Crippen LogP contribution in [0.15, 0.2) is 25.3 Å². The molecule has 0 radical (unpaired) electrons. The minimum absolute atomic E-state index is 0. The van der Waals surface area contributed by atoms with Crippen LogP contribution in [-0.2, 0) is 9.59 Å². The summed E-state index contributed by atoms with van der Waals surface area (Å²) >= 11 is 0. The summed E-state index contributed by atoms with van der Waals surface area (Å²) in [6, 6.07) is 0. The third-order valence-electron chi connectivity index (χ3n) is 0.349. The van der Waals surface area contributed by atoms with Gasteiger partial charge in [-0.2, -0.15) is 0 Å². The Balaban J connectivity index is -0.00000000970. The van der Waals surface area contributed by atoms with E-state index in [0.29, 0.717) is 0 Å². The van der Waals surface area contributed by atoms with Gasteiger partial charge in [-0.15, -0.1) is 0 Å². The number of carboxylic acid groups (broad SMARTS) is 2. The zero-order valence-electron chi connectivity index (χ0n) is 7.73. The summed E-state index contributed by atoms with van der Waals surface area (Å²) in [4.78, 5) is 18.5. The Labute approximate surface area is 86.5 Å². The van der Waals surface area contributed by atoms with Gasteiger partial charge >= 0.3 is 11.9 Å². The summed E-state index contributed by atoms with van der Waals surface area (Å²) in [7, 11) is 0. The van der Waals surface area contributed by atoms with E-state index in [1.807, 2.05) is 0 Å². The largest absolute Gasteiger partial charge is 0.478 e. The number of carboxylic acids is 2. The topological polar surface area (TPSA) is 74.6 Å². The highest BCUT2D eigenvalue weighted by molar-refractivity contribution is 5.79. The van der Waals surface area contributed by atoms with E-state index in [1.54, 1.807) is 0 Å². The fourth-order valence-corrected chi connectivity index (χ4v) is 0. The smallest absolute Gasteiger partial charge is 0.327 e. The van der Waals surface area contributed by atoms with E-state index in [4.69, 9.17) is 10.2 Å². The Morgan fingerprint density at radius 2 is 0.750 bits per heavy atom. The van der Waals surface area contributed by atoms with E-state index in [9.17, 15) is 9.59 Å². The Bertz CT molecular complexity index is 145. The van der Waals surface area contributed by atoms with Crippen LogP contribution in [0, 0.1) is 0 Å². The van der Waals surface area contributed by atoms with Crippen LogP contribution in [0.3, 0.4) is 0 Å². The fraction of sp³-hybridized carbons (Fsp3) is 0. The predicted octanol–water partition coefficient (Wildman–Crippen LogP) is 1.43. The second-order valence-corrected chi connectivity index (χ2v) is 1.08. The molecule has 2 N–H and O–H groups in total. The monoisotopic (exact) mass is 264 g/mol. The maximum Gasteiger partial charge on any atom is 0.327 e. The van der Waals surface area contributed by atoms with E-state index in [0.717, 1.165) is 12.2 Å². The van der Waals surface area contributed by atoms with Gasteiger partial charge in [-0.1, -0.05) is 13.2 Å². The van der Waals surface area contributed by atoms with Gasteiger partial charge in [-0.3, -0.25) is 28.2 Å². The molecule has 4 nitrogen and oxygen atoms in total. The Hall–Kier alpha value is -2.00. The molecule has 0 bridgehead atoms. The SMILES string of the molecule is C=CC(=O)O.C=CC(=O)O.F.F.F.F.F.F. The summed E-state index contributed by atoms with van der Waals surface area (Å²) in [6.45, 7) is 5.92. The third kappa shape index (κ3) is 363. The number of hydrogen-bond acceptors (Lipinski definition) is 2. The molecule has 0 saturated heterocycles. The van der Waals surface area contributed by atoms with Crippen molar-refractivity contribution in [2.24, 2.45) is 0 Å². The van der Waals surface area contributed by atoms with Crippen LogP contribution in [0.4, 0.5) is 28.2 Å². The number of hydrogen-bond donors (Lipinski definition) is 2. The first-order valence-electron chi connectivity index (χ1n) is 2.25. The van der Waals surface area contributed by atoms with Gasteiger partial charge in [0.15, 0.2) is 0 Å². The first kappa shape index (κ1) is 65.7. The van der Waals surface area contributed by atoms with Crippen LogP contribution in [0.2, 0.25) is 0 Å². The summed E-state index contributed by atoms with van der Waals surface area (Å²) in [5.74, 6) is -1.96. The molecule has 16 heavy (non-hydrogen) atoms. The molecule has 0 rings (SSSR count). The van der Waals surface area contributed by atoms with Crippen molar-refractivity contribution < 1.29 is 48.0 Å². The third-order valence-corrected chi connectivity index (χ3v) is 0.349. The van der Waals surface area contributed by atoms with Crippen molar-refractivity contribution >= 4 is 11.9 Å². The zero-order chi connectivity index (χ0) is 8.57. The highest BCUT2D eigenvalue weighted by atomic mass is 19.0. The molecule has 0 atom stereocenters. The minimum Gasteiger partial charge on any atom is -0.478 e. The molecule has 0 aliphatic heterocycles. The Kier molecular flexibility index (Phi) is 214. The van der Waals surface area contributed by atoms with Crippen molar-refractivity contribution in [2.45, 2.75) is 0 Å². The van der Waals surface area contributed by atoms with Gasteiger partial charge in [-0.25, -0.2) is 9.59 Å². The standard InChI is InChI=1S/2C3H4O2.6FH/c2*1-2-3(4)5;;;;;;/h2*2H,1H2,(H,4,5);6*1H. The number of rotatable bonds is 2. The van der Waals surface area contributed by atoms with Crippen molar-refractivity contribution in [3.8, 4) is 0 Å². The van der Waals surface area contributed by atoms with Crippen LogP contribution >= 0.6 is 0 Å². The van der Waals surface area contributed by atoms with Crippen LogP contribution in [0.5, 0.6) is 0 Å². The highest BCUT2D eigenvalue weighted by Gasteiger charge is 1.73. The molecule has 0 aromatic rings. The molecule has 104 valence electrons. The molecular formula is C6H14F6O4. The van der Waals surface area contributed by atoms with Gasteiger partial charge < -0.3 is 10.2 Å². The predicted molar refractivity (Wildman–Crippen MR) is 50.7 cm³/mol. The molecule has 0 heterocycles. The van der Waals surface area contributed by atoms with E-state index in [-0.39, 0.29) is 28.2 Å². The van der Waals surface area contributed by atoms with Gasteiger partial charge in [0, 0.05) is 12.2 Å². The first-order valence-corrected chi connectivity index (χ1v) is 2.25. The van der Waals surface area contributed by atoms with E-state index < -0.39 is 11.9 Å².